The van der Waals surface area contributed by atoms with Crippen LogP contribution >= 0.6 is 0 Å². The van der Waals surface area contributed by atoms with E-state index in [1.807, 2.05) is 0 Å². The highest BCUT2D eigenvalue weighted by molar-refractivity contribution is 5.68. The lowest BCUT2D eigenvalue weighted by Crippen LogP contribution is -2.07. The maximum atomic E-state index is 13.5. The minimum absolute atomic E-state index is 0.0725. The molecule has 0 aromatic heterocycles. The van der Waals surface area contributed by atoms with E-state index in [9.17, 15) is 17.6 Å². The van der Waals surface area contributed by atoms with Crippen molar-refractivity contribution in [3.63, 3.8) is 0 Å². The van der Waals surface area contributed by atoms with Crippen LogP contribution in [0.15, 0.2) is 42.5 Å². The first-order valence-corrected chi connectivity index (χ1v) is 4.83. The SMILES string of the molecule is Fc1ccccc1-c1ccc[c]c1C(F)(F)F. The van der Waals surface area contributed by atoms with Crippen molar-refractivity contribution < 1.29 is 17.6 Å². The van der Waals surface area contributed by atoms with Crippen molar-refractivity contribution >= 4 is 0 Å². The van der Waals surface area contributed by atoms with Gasteiger partial charge in [0.05, 0.1) is 5.56 Å². The minimum atomic E-state index is -4.54. The zero-order chi connectivity index (χ0) is 12.5. The van der Waals surface area contributed by atoms with Crippen LogP contribution in [-0.2, 0) is 6.18 Å². The van der Waals surface area contributed by atoms with Crippen LogP contribution in [0.4, 0.5) is 17.6 Å². The van der Waals surface area contributed by atoms with Crippen LogP contribution < -0.4 is 0 Å². The van der Waals surface area contributed by atoms with Crippen LogP contribution in [0, 0.1) is 11.9 Å². The Hall–Kier alpha value is -1.84. The molecule has 0 N–H and O–H groups in total. The fourth-order valence-electron chi connectivity index (χ4n) is 1.58. The lowest BCUT2D eigenvalue weighted by Gasteiger charge is -2.12. The molecule has 4 heteroatoms. The van der Waals surface area contributed by atoms with Crippen molar-refractivity contribution in [2.45, 2.75) is 6.18 Å². The van der Waals surface area contributed by atoms with Crippen molar-refractivity contribution in [2.75, 3.05) is 0 Å². The Balaban J connectivity index is 2.65. The van der Waals surface area contributed by atoms with E-state index < -0.39 is 17.6 Å². The molecule has 0 saturated carbocycles. The summed E-state index contributed by atoms with van der Waals surface area (Å²) in [5, 5.41) is 0. The van der Waals surface area contributed by atoms with Crippen LogP contribution in [0.2, 0.25) is 0 Å². The van der Waals surface area contributed by atoms with Crippen LogP contribution in [-0.4, -0.2) is 0 Å². The smallest absolute Gasteiger partial charge is 0.206 e. The summed E-state index contributed by atoms with van der Waals surface area (Å²) in [5.74, 6) is -0.683. The van der Waals surface area contributed by atoms with Gasteiger partial charge in [-0.2, -0.15) is 13.2 Å². The Morgan fingerprint density at radius 2 is 1.53 bits per heavy atom. The van der Waals surface area contributed by atoms with Gasteiger partial charge in [-0.05, 0) is 17.7 Å². The highest BCUT2D eigenvalue weighted by Crippen LogP contribution is 2.37. The number of alkyl halides is 3. The molecule has 0 saturated heterocycles. The van der Waals surface area contributed by atoms with E-state index in [0.29, 0.717) is 0 Å². The predicted octanol–water partition coefficient (Wildman–Crippen LogP) is 4.31. The molecule has 2 aromatic carbocycles. The summed E-state index contributed by atoms with van der Waals surface area (Å²) in [6.45, 7) is 0. The third kappa shape index (κ3) is 2.30. The molecule has 17 heavy (non-hydrogen) atoms. The molecule has 2 aromatic rings. The molecule has 0 fully saturated rings. The normalized spacial score (nSPS) is 11.5. The van der Waals surface area contributed by atoms with Gasteiger partial charge in [0, 0.05) is 5.56 Å². The summed E-state index contributed by atoms with van der Waals surface area (Å²) in [5.41, 5.74) is -1.22. The standard InChI is InChI=1S/C13H7F4/c14-12-8-4-2-6-10(12)9-5-1-3-7-11(9)13(15,16)17/h1-6,8H. The second-order valence-corrected chi connectivity index (χ2v) is 3.44. The van der Waals surface area contributed by atoms with E-state index in [0.717, 1.165) is 12.1 Å². The summed E-state index contributed by atoms with van der Waals surface area (Å²) in [7, 11) is 0. The highest BCUT2D eigenvalue weighted by atomic mass is 19.4. The molecule has 2 rings (SSSR count). The van der Waals surface area contributed by atoms with E-state index in [2.05, 4.69) is 6.07 Å². The van der Waals surface area contributed by atoms with Gasteiger partial charge in [0.1, 0.15) is 5.82 Å². The first-order valence-electron chi connectivity index (χ1n) is 4.83. The lowest BCUT2D eigenvalue weighted by atomic mass is 9.99. The molecule has 1 radical (unpaired) electrons. The molecular formula is C13H7F4. The predicted molar refractivity (Wildman–Crippen MR) is 55.7 cm³/mol. The summed E-state index contributed by atoms with van der Waals surface area (Å²) in [4.78, 5) is 0. The average Bonchev–Trinajstić information content (AvgIpc) is 2.28. The Morgan fingerprint density at radius 3 is 2.18 bits per heavy atom. The Kier molecular flexibility index (Phi) is 2.88. The molecule has 0 amide bonds. The molecule has 0 aliphatic heterocycles. The van der Waals surface area contributed by atoms with E-state index >= 15 is 0 Å². The summed E-state index contributed by atoms with van der Waals surface area (Å²) < 4.78 is 51.6. The van der Waals surface area contributed by atoms with E-state index in [-0.39, 0.29) is 11.1 Å². The van der Waals surface area contributed by atoms with E-state index in [4.69, 9.17) is 0 Å². The molecule has 0 unspecified atom stereocenters. The number of hydrogen-bond acceptors (Lipinski definition) is 0. The highest BCUT2D eigenvalue weighted by Gasteiger charge is 2.34. The monoisotopic (exact) mass is 239 g/mol. The number of benzene rings is 2. The van der Waals surface area contributed by atoms with Crippen molar-refractivity contribution in [3.8, 4) is 11.1 Å². The summed E-state index contributed by atoms with van der Waals surface area (Å²) >= 11 is 0. The van der Waals surface area contributed by atoms with Gasteiger partial charge < -0.3 is 0 Å². The molecule has 87 valence electrons. The van der Waals surface area contributed by atoms with Gasteiger partial charge in [0.15, 0.2) is 0 Å². The first-order chi connectivity index (χ1) is 8.00. The molecule has 0 atom stereocenters. The maximum Gasteiger partial charge on any atom is 0.417 e. The van der Waals surface area contributed by atoms with Crippen LogP contribution in [0.1, 0.15) is 5.56 Å². The summed E-state index contributed by atoms with van der Waals surface area (Å²) in [6.07, 6.45) is -4.54. The van der Waals surface area contributed by atoms with Gasteiger partial charge in [0.2, 0.25) is 0 Å². The summed E-state index contributed by atoms with van der Waals surface area (Å²) in [6, 6.07) is 11.3. The molecule has 0 heterocycles. The number of halogens is 4. The minimum Gasteiger partial charge on any atom is -0.206 e. The Bertz CT molecular complexity index is 529. The fourth-order valence-corrected chi connectivity index (χ4v) is 1.58. The third-order valence-corrected chi connectivity index (χ3v) is 2.30. The lowest BCUT2D eigenvalue weighted by molar-refractivity contribution is -0.137. The first kappa shape index (κ1) is 11.6. The van der Waals surface area contributed by atoms with Crippen LogP contribution in [0.3, 0.4) is 0 Å². The Labute approximate surface area is 95.5 Å². The second kappa shape index (κ2) is 4.20. The van der Waals surface area contributed by atoms with Crippen LogP contribution in [0.25, 0.3) is 11.1 Å². The number of hydrogen-bond donors (Lipinski definition) is 0. The van der Waals surface area contributed by atoms with Gasteiger partial charge in [-0.3, -0.25) is 0 Å². The Morgan fingerprint density at radius 1 is 0.882 bits per heavy atom. The zero-order valence-corrected chi connectivity index (χ0v) is 8.55. The molecule has 0 bridgehead atoms. The average molecular weight is 239 g/mol. The maximum absolute atomic E-state index is 13.5. The fraction of sp³-hybridized carbons (Fsp3) is 0.0769. The topological polar surface area (TPSA) is 0 Å². The van der Waals surface area contributed by atoms with Crippen molar-refractivity contribution in [1.82, 2.24) is 0 Å². The van der Waals surface area contributed by atoms with Gasteiger partial charge in [0.25, 0.3) is 0 Å². The second-order valence-electron chi connectivity index (χ2n) is 3.44. The van der Waals surface area contributed by atoms with Gasteiger partial charge in [-0.1, -0.05) is 36.4 Å². The van der Waals surface area contributed by atoms with Gasteiger partial charge in [-0.15, -0.1) is 0 Å². The van der Waals surface area contributed by atoms with Gasteiger partial charge in [-0.25, -0.2) is 4.39 Å². The van der Waals surface area contributed by atoms with Gasteiger partial charge >= 0.3 is 6.18 Å². The number of rotatable bonds is 1. The third-order valence-electron chi connectivity index (χ3n) is 2.30. The molecule has 0 aliphatic carbocycles. The van der Waals surface area contributed by atoms with Crippen LogP contribution in [0.5, 0.6) is 0 Å². The molecule has 0 aliphatic rings. The quantitative estimate of drug-likeness (QED) is 0.650. The largest absolute Gasteiger partial charge is 0.417 e. The van der Waals surface area contributed by atoms with Crippen molar-refractivity contribution in [1.29, 1.82) is 0 Å². The van der Waals surface area contributed by atoms with E-state index in [1.165, 1.54) is 30.3 Å². The molecule has 0 spiro atoms. The molecule has 0 nitrogen and oxygen atoms in total. The van der Waals surface area contributed by atoms with Crippen molar-refractivity contribution in [2.24, 2.45) is 0 Å². The van der Waals surface area contributed by atoms with Crippen molar-refractivity contribution in [3.05, 3.63) is 59.9 Å². The van der Waals surface area contributed by atoms with E-state index in [1.54, 1.807) is 0 Å². The molecular weight excluding hydrogens is 232 g/mol. The zero-order valence-electron chi connectivity index (χ0n) is 8.55.